The third-order valence-electron chi connectivity index (χ3n) is 4.31. The van der Waals surface area contributed by atoms with Gasteiger partial charge in [0.1, 0.15) is 5.60 Å². The van der Waals surface area contributed by atoms with Gasteiger partial charge in [0, 0.05) is 12.6 Å². The number of amides is 1. The van der Waals surface area contributed by atoms with Crippen LogP contribution in [0.1, 0.15) is 74.1 Å². The Morgan fingerprint density at radius 1 is 1.27 bits per heavy atom. The molecule has 0 saturated carbocycles. The minimum Gasteiger partial charge on any atom is -0.462 e. The summed E-state index contributed by atoms with van der Waals surface area (Å²) in [5.41, 5.74) is 2.16. The smallest absolute Gasteiger partial charge is 0.410 e. The summed E-state index contributed by atoms with van der Waals surface area (Å²) < 4.78 is 10.8. The average molecular weight is 366 g/mol. The van der Waals surface area contributed by atoms with Crippen molar-refractivity contribution in [3.05, 3.63) is 22.8 Å². The summed E-state index contributed by atoms with van der Waals surface area (Å²) in [5, 5.41) is 0. The molecule has 1 amide bonds. The molecule has 1 heterocycles. The fraction of sp³-hybridized carbons (Fsp3) is 0.714. The van der Waals surface area contributed by atoms with Crippen molar-refractivity contribution >= 4 is 12.1 Å². The van der Waals surface area contributed by atoms with Crippen LogP contribution in [-0.2, 0) is 14.3 Å². The number of unbranched alkanes of at least 4 members (excludes halogenated alkanes) is 2. The fourth-order valence-corrected chi connectivity index (χ4v) is 2.98. The molecule has 1 aliphatic rings. The molecule has 0 aromatic carbocycles. The van der Waals surface area contributed by atoms with Gasteiger partial charge in [-0.2, -0.15) is 0 Å². The zero-order chi connectivity index (χ0) is 19.9. The highest BCUT2D eigenvalue weighted by molar-refractivity contribution is 5.94. The molecular formula is C21H35NO4. The molecule has 0 N–H and O–H groups in total. The second-order valence-electron chi connectivity index (χ2n) is 7.90. The largest absolute Gasteiger partial charge is 0.462 e. The number of nitrogens with zero attached hydrogens (tertiary/aromatic N) is 1. The Labute approximate surface area is 158 Å². The van der Waals surface area contributed by atoms with Crippen molar-refractivity contribution in [3.63, 3.8) is 0 Å². The maximum atomic E-state index is 12.5. The van der Waals surface area contributed by atoms with Crippen LogP contribution in [-0.4, -0.2) is 41.8 Å². The molecule has 0 saturated heterocycles. The van der Waals surface area contributed by atoms with Gasteiger partial charge in [-0.25, -0.2) is 9.59 Å². The van der Waals surface area contributed by atoms with Gasteiger partial charge < -0.3 is 14.4 Å². The molecule has 148 valence electrons. The first kappa shape index (κ1) is 22.3. The van der Waals surface area contributed by atoms with E-state index in [2.05, 4.69) is 6.92 Å². The highest BCUT2D eigenvalue weighted by Gasteiger charge is 2.32. The molecule has 0 radical (unpaired) electrons. The quantitative estimate of drug-likeness (QED) is 0.377. The first-order valence-corrected chi connectivity index (χ1v) is 9.66. The van der Waals surface area contributed by atoms with Crippen molar-refractivity contribution in [1.82, 2.24) is 4.90 Å². The van der Waals surface area contributed by atoms with Gasteiger partial charge in [-0.1, -0.05) is 25.8 Å². The lowest BCUT2D eigenvalue weighted by Crippen LogP contribution is -2.45. The van der Waals surface area contributed by atoms with Crippen LogP contribution in [0.2, 0.25) is 0 Å². The zero-order valence-electron chi connectivity index (χ0n) is 17.5. The number of allylic oxidation sites excluding steroid dienone is 1. The van der Waals surface area contributed by atoms with E-state index in [1.807, 2.05) is 47.6 Å². The molecule has 0 aromatic rings. The first-order valence-electron chi connectivity index (χ1n) is 9.66. The topological polar surface area (TPSA) is 55.8 Å². The predicted molar refractivity (Wildman–Crippen MR) is 104 cm³/mol. The summed E-state index contributed by atoms with van der Waals surface area (Å²) in [5.74, 6) is -0.268. The monoisotopic (exact) mass is 365 g/mol. The van der Waals surface area contributed by atoms with E-state index in [0.717, 1.165) is 30.4 Å². The Morgan fingerprint density at radius 3 is 2.46 bits per heavy atom. The van der Waals surface area contributed by atoms with Crippen LogP contribution >= 0.6 is 0 Å². The van der Waals surface area contributed by atoms with Crippen LogP contribution in [0.4, 0.5) is 4.79 Å². The van der Waals surface area contributed by atoms with Gasteiger partial charge in [-0.3, -0.25) is 0 Å². The molecule has 5 heteroatoms. The van der Waals surface area contributed by atoms with Crippen molar-refractivity contribution in [2.24, 2.45) is 0 Å². The maximum Gasteiger partial charge on any atom is 0.410 e. The molecule has 0 aliphatic carbocycles. The van der Waals surface area contributed by atoms with Crippen molar-refractivity contribution in [2.75, 3.05) is 13.2 Å². The van der Waals surface area contributed by atoms with Gasteiger partial charge in [0.25, 0.3) is 0 Å². The Bertz CT molecular complexity index is 569. The molecule has 1 aliphatic heterocycles. The van der Waals surface area contributed by atoms with Crippen LogP contribution in [0.3, 0.4) is 0 Å². The lowest BCUT2D eigenvalue weighted by atomic mass is 9.89. The Kier molecular flexibility index (Phi) is 8.38. The second kappa shape index (κ2) is 9.79. The molecule has 0 spiro atoms. The van der Waals surface area contributed by atoms with Gasteiger partial charge in [0.05, 0.1) is 12.2 Å². The van der Waals surface area contributed by atoms with Crippen LogP contribution in [0.25, 0.3) is 0 Å². The number of ether oxygens (including phenoxy) is 2. The van der Waals surface area contributed by atoms with Gasteiger partial charge in [0.15, 0.2) is 0 Å². The number of hydrogen-bond donors (Lipinski definition) is 0. The Morgan fingerprint density at radius 2 is 1.92 bits per heavy atom. The number of esters is 1. The lowest BCUT2D eigenvalue weighted by molar-refractivity contribution is -0.138. The predicted octanol–water partition coefficient (Wildman–Crippen LogP) is 5.01. The molecular weight excluding hydrogens is 330 g/mol. The molecule has 1 unspecified atom stereocenters. The van der Waals surface area contributed by atoms with E-state index in [0.29, 0.717) is 25.1 Å². The minimum atomic E-state index is -0.523. The SMILES string of the molecule is CCCC/C=C(/C(=O)OCC)C1=C(C)CN(C(=O)OC(C)(C)C)C(C)C1. The summed E-state index contributed by atoms with van der Waals surface area (Å²) in [6, 6.07) is -0.0347. The van der Waals surface area contributed by atoms with E-state index in [1.54, 1.807) is 4.90 Å². The third-order valence-corrected chi connectivity index (χ3v) is 4.31. The summed E-state index contributed by atoms with van der Waals surface area (Å²) in [7, 11) is 0. The summed E-state index contributed by atoms with van der Waals surface area (Å²) in [6.07, 6.45) is 5.28. The van der Waals surface area contributed by atoms with E-state index < -0.39 is 5.60 Å². The second-order valence-corrected chi connectivity index (χ2v) is 7.90. The van der Waals surface area contributed by atoms with E-state index in [-0.39, 0.29) is 18.1 Å². The Hall–Kier alpha value is -1.78. The van der Waals surface area contributed by atoms with E-state index >= 15 is 0 Å². The summed E-state index contributed by atoms with van der Waals surface area (Å²) in [4.78, 5) is 26.7. The number of hydrogen-bond acceptors (Lipinski definition) is 4. The molecule has 26 heavy (non-hydrogen) atoms. The van der Waals surface area contributed by atoms with E-state index in [4.69, 9.17) is 9.47 Å². The minimum absolute atomic E-state index is 0.0347. The number of carbonyl (C=O) groups excluding carboxylic acids is 2. The van der Waals surface area contributed by atoms with Gasteiger partial charge in [0.2, 0.25) is 0 Å². The first-order chi connectivity index (χ1) is 12.1. The molecule has 5 nitrogen and oxygen atoms in total. The Balaban J connectivity index is 3.06. The van der Waals surface area contributed by atoms with E-state index in [9.17, 15) is 9.59 Å². The fourth-order valence-electron chi connectivity index (χ4n) is 2.98. The summed E-state index contributed by atoms with van der Waals surface area (Å²) in [6.45, 7) is 14.3. The maximum absolute atomic E-state index is 12.5. The third kappa shape index (κ3) is 6.50. The normalized spacial score (nSPS) is 18.8. The van der Waals surface area contributed by atoms with Crippen LogP contribution < -0.4 is 0 Å². The van der Waals surface area contributed by atoms with Crippen molar-refractivity contribution < 1.29 is 19.1 Å². The zero-order valence-corrected chi connectivity index (χ0v) is 17.5. The molecule has 1 rings (SSSR count). The molecule has 0 bridgehead atoms. The number of rotatable bonds is 6. The van der Waals surface area contributed by atoms with Crippen LogP contribution in [0.5, 0.6) is 0 Å². The highest BCUT2D eigenvalue weighted by Crippen LogP contribution is 2.30. The molecule has 1 atom stereocenters. The molecule has 0 aromatic heterocycles. The summed E-state index contributed by atoms with van der Waals surface area (Å²) >= 11 is 0. The standard InChI is InChI=1S/C21H35NO4/c1-8-10-11-12-17(19(23)25-9-2)18-13-16(4)22(14-15(18)3)20(24)26-21(5,6)7/h12,16H,8-11,13-14H2,1-7H3/b17-12+. The van der Waals surface area contributed by atoms with Gasteiger partial charge >= 0.3 is 12.1 Å². The number of carbonyl (C=O) groups is 2. The van der Waals surface area contributed by atoms with Crippen molar-refractivity contribution in [3.8, 4) is 0 Å². The molecule has 0 fully saturated rings. The van der Waals surface area contributed by atoms with Gasteiger partial charge in [-0.05, 0) is 65.5 Å². The average Bonchev–Trinajstić information content (AvgIpc) is 2.52. The van der Waals surface area contributed by atoms with Crippen LogP contribution in [0.15, 0.2) is 22.8 Å². The van der Waals surface area contributed by atoms with Gasteiger partial charge in [-0.15, -0.1) is 0 Å². The highest BCUT2D eigenvalue weighted by atomic mass is 16.6. The van der Waals surface area contributed by atoms with E-state index in [1.165, 1.54) is 0 Å². The van der Waals surface area contributed by atoms with Crippen molar-refractivity contribution in [1.29, 1.82) is 0 Å². The lowest BCUT2D eigenvalue weighted by Gasteiger charge is -2.37. The van der Waals surface area contributed by atoms with Crippen molar-refractivity contribution in [2.45, 2.75) is 85.8 Å². The van der Waals surface area contributed by atoms with Crippen LogP contribution in [0, 0.1) is 0 Å².